The zero-order valence-electron chi connectivity index (χ0n) is 8.66. The molecule has 15 heavy (non-hydrogen) atoms. The molecule has 0 amide bonds. The van der Waals surface area contributed by atoms with Gasteiger partial charge in [0.15, 0.2) is 5.78 Å². The summed E-state index contributed by atoms with van der Waals surface area (Å²) in [4.78, 5) is 11.6. The molecule has 0 spiro atoms. The molecule has 1 aliphatic rings. The summed E-state index contributed by atoms with van der Waals surface area (Å²) in [7, 11) is 0. The van der Waals surface area contributed by atoms with Crippen LogP contribution in [0.2, 0.25) is 0 Å². The number of hydrogen-bond acceptors (Lipinski definition) is 1. The number of carbonyl (C=O) groups excluding carboxylic acids is 1. The lowest BCUT2D eigenvalue weighted by Gasteiger charge is -1.97. The van der Waals surface area contributed by atoms with E-state index < -0.39 is 0 Å². The monoisotopic (exact) mass is 204 g/mol. The fourth-order valence-corrected chi connectivity index (χ4v) is 1.85. The van der Waals surface area contributed by atoms with Crippen molar-refractivity contribution in [3.05, 3.63) is 41.2 Å². The molecule has 0 aromatic heterocycles. The molecule has 78 valence electrons. The molecular weight excluding hydrogens is 191 g/mol. The molecule has 2 rings (SSSR count). The first-order valence-corrected chi connectivity index (χ1v) is 5.17. The normalized spacial score (nSPS) is 23.7. The number of hydrogen-bond donors (Lipinski definition) is 0. The predicted octanol–water partition coefficient (Wildman–Crippen LogP) is 3.21. The Morgan fingerprint density at radius 1 is 1.33 bits per heavy atom. The first kappa shape index (κ1) is 10.1. The van der Waals surface area contributed by atoms with Crippen LogP contribution in [0.3, 0.4) is 0 Å². The van der Waals surface area contributed by atoms with Crippen molar-refractivity contribution in [1.29, 1.82) is 0 Å². The average Bonchev–Trinajstić information content (AvgIpc) is 2.53. The van der Waals surface area contributed by atoms with Gasteiger partial charge in [-0.15, -0.1) is 0 Å². The van der Waals surface area contributed by atoms with E-state index in [4.69, 9.17) is 0 Å². The number of halogens is 1. The van der Waals surface area contributed by atoms with E-state index in [0.29, 0.717) is 0 Å². The van der Waals surface area contributed by atoms with Gasteiger partial charge in [-0.25, -0.2) is 4.39 Å². The van der Waals surface area contributed by atoms with E-state index in [1.54, 1.807) is 12.1 Å². The Kier molecular flexibility index (Phi) is 2.67. The van der Waals surface area contributed by atoms with Gasteiger partial charge in [-0.2, -0.15) is 0 Å². The lowest BCUT2D eigenvalue weighted by molar-refractivity contribution is -0.117. The van der Waals surface area contributed by atoms with Gasteiger partial charge in [0.25, 0.3) is 0 Å². The second-order valence-electron chi connectivity index (χ2n) is 4.03. The van der Waals surface area contributed by atoms with Crippen molar-refractivity contribution < 1.29 is 9.18 Å². The van der Waals surface area contributed by atoms with Crippen LogP contribution in [-0.4, -0.2) is 5.78 Å². The Labute approximate surface area is 88.6 Å². The summed E-state index contributed by atoms with van der Waals surface area (Å²) >= 11 is 0. The highest BCUT2D eigenvalue weighted by Gasteiger charge is 2.24. The molecule has 1 nitrogen and oxygen atoms in total. The number of ketones is 1. The molecule has 1 atom stereocenters. The average molecular weight is 204 g/mol. The predicted molar refractivity (Wildman–Crippen MR) is 57.8 cm³/mol. The topological polar surface area (TPSA) is 17.1 Å². The first-order valence-electron chi connectivity index (χ1n) is 5.17. The maximum Gasteiger partial charge on any atom is 0.161 e. The van der Waals surface area contributed by atoms with E-state index in [9.17, 15) is 9.18 Å². The number of benzene rings is 1. The van der Waals surface area contributed by atoms with E-state index in [-0.39, 0.29) is 17.5 Å². The number of rotatable bonds is 1. The van der Waals surface area contributed by atoms with Gasteiger partial charge in [0.05, 0.1) is 0 Å². The Morgan fingerprint density at radius 2 is 2.00 bits per heavy atom. The van der Waals surface area contributed by atoms with E-state index in [0.717, 1.165) is 24.0 Å². The minimum atomic E-state index is -0.247. The third-order valence-corrected chi connectivity index (χ3v) is 2.82. The highest BCUT2D eigenvalue weighted by Crippen LogP contribution is 2.27. The van der Waals surface area contributed by atoms with Gasteiger partial charge in [-0.1, -0.05) is 19.1 Å². The van der Waals surface area contributed by atoms with Crippen molar-refractivity contribution in [1.82, 2.24) is 0 Å². The molecule has 1 saturated carbocycles. The van der Waals surface area contributed by atoms with Crippen LogP contribution in [0.15, 0.2) is 29.8 Å². The molecule has 1 unspecified atom stereocenters. The Bertz CT molecular complexity index is 403. The third kappa shape index (κ3) is 2.14. The largest absolute Gasteiger partial charge is 0.294 e. The summed E-state index contributed by atoms with van der Waals surface area (Å²) in [6.45, 7) is 1.95. The molecular formula is C13H13FO. The number of allylic oxidation sites excluding steroid dienone is 1. The minimum absolute atomic E-state index is 0.150. The molecule has 1 fully saturated rings. The smallest absolute Gasteiger partial charge is 0.161 e. The molecule has 1 aliphatic carbocycles. The molecule has 0 saturated heterocycles. The lowest BCUT2D eigenvalue weighted by Crippen LogP contribution is -2.02. The molecule has 0 heterocycles. The standard InChI is InChI=1S/C13H13FO/c1-9-2-5-11(13(9)15)8-10-3-6-12(14)7-4-10/h3-4,6-9H,2,5H2,1H3/b11-8+. The van der Waals surface area contributed by atoms with Gasteiger partial charge in [-0.05, 0) is 42.2 Å². The van der Waals surface area contributed by atoms with Crippen LogP contribution in [0, 0.1) is 11.7 Å². The maximum absolute atomic E-state index is 12.7. The quantitative estimate of drug-likeness (QED) is 0.642. The van der Waals surface area contributed by atoms with E-state index in [1.807, 2.05) is 13.0 Å². The van der Waals surface area contributed by atoms with Gasteiger partial charge >= 0.3 is 0 Å². The van der Waals surface area contributed by atoms with Crippen molar-refractivity contribution in [2.75, 3.05) is 0 Å². The summed E-state index contributed by atoms with van der Waals surface area (Å²) in [6, 6.07) is 6.21. The number of carbonyl (C=O) groups is 1. The Morgan fingerprint density at radius 3 is 2.53 bits per heavy atom. The molecule has 2 heteroatoms. The van der Waals surface area contributed by atoms with Crippen LogP contribution in [0.1, 0.15) is 25.3 Å². The van der Waals surface area contributed by atoms with Gasteiger partial charge in [-0.3, -0.25) is 4.79 Å². The molecule has 0 N–H and O–H groups in total. The summed E-state index contributed by atoms with van der Waals surface area (Å²) in [5.41, 5.74) is 1.77. The summed E-state index contributed by atoms with van der Waals surface area (Å²) < 4.78 is 12.7. The van der Waals surface area contributed by atoms with Crippen LogP contribution in [0.5, 0.6) is 0 Å². The van der Waals surface area contributed by atoms with Crippen molar-refractivity contribution in [3.8, 4) is 0 Å². The highest BCUT2D eigenvalue weighted by atomic mass is 19.1. The molecule has 1 aromatic carbocycles. The highest BCUT2D eigenvalue weighted by molar-refractivity contribution is 6.02. The van der Waals surface area contributed by atoms with E-state index >= 15 is 0 Å². The molecule has 0 aliphatic heterocycles. The number of Topliss-reactive ketones (excluding diaryl/α,β-unsaturated/α-hetero) is 1. The zero-order valence-corrected chi connectivity index (χ0v) is 8.66. The van der Waals surface area contributed by atoms with Gasteiger partial charge < -0.3 is 0 Å². The van der Waals surface area contributed by atoms with Gasteiger partial charge in [0.1, 0.15) is 5.82 Å². The summed E-state index contributed by atoms with van der Waals surface area (Å²) in [5.74, 6) is 0.138. The fourth-order valence-electron chi connectivity index (χ4n) is 1.85. The zero-order chi connectivity index (χ0) is 10.8. The van der Waals surface area contributed by atoms with Crippen molar-refractivity contribution >= 4 is 11.9 Å². The Hall–Kier alpha value is -1.44. The van der Waals surface area contributed by atoms with Crippen LogP contribution in [0.4, 0.5) is 4.39 Å². The van der Waals surface area contributed by atoms with Crippen molar-refractivity contribution in [3.63, 3.8) is 0 Å². The van der Waals surface area contributed by atoms with Crippen LogP contribution < -0.4 is 0 Å². The van der Waals surface area contributed by atoms with E-state index in [2.05, 4.69) is 0 Å². The minimum Gasteiger partial charge on any atom is -0.294 e. The van der Waals surface area contributed by atoms with Crippen molar-refractivity contribution in [2.24, 2.45) is 5.92 Å². The van der Waals surface area contributed by atoms with Gasteiger partial charge in [0, 0.05) is 5.92 Å². The third-order valence-electron chi connectivity index (χ3n) is 2.82. The maximum atomic E-state index is 12.7. The second kappa shape index (κ2) is 3.97. The second-order valence-corrected chi connectivity index (χ2v) is 4.03. The summed E-state index contributed by atoms with van der Waals surface area (Å²) in [6.07, 6.45) is 3.65. The molecule has 1 aromatic rings. The van der Waals surface area contributed by atoms with Crippen LogP contribution >= 0.6 is 0 Å². The van der Waals surface area contributed by atoms with E-state index in [1.165, 1.54) is 12.1 Å². The molecule has 0 bridgehead atoms. The van der Waals surface area contributed by atoms with Crippen molar-refractivity contribution in [2.45, 2.75) is 19.8 Å². The SMILES string of the molecule is CC1CC/C(=C\c2ccc(F)cc2)C1=O. The summed E-state index contributed by atoms with van der Waals surface area (Å²) in [5, 5.41) is 0. The molecule has 0 radical (unpaired) electrons. The first-order chi connectivity index (χ1) is 7.16. The Balaban J connectivity index is 2.24. The van der Waals surface area contributed by atoms with Gasteiger partial charge in [0.2, 0.25) is 0 Å². The fraction of sp³-hybridized carbons (Fsp3) is 0.308. The lowest BCUT2D eigenvalue weighted by atomic mass is 10.1. The van der Waals surface area contributed by atoms with Crippen LogP contribution in [-0.2, 0) is 4.79 Å². The van der Waals surface area contributed by atoms with Crippen LogP contribution in [0.25, 0.3) is 6.08 Å².